The normalized spacial score (nSPS) is 11.6. The van der Waals surface area contributed by atoms with Crippen LogP contribution in [-0.4, -0.2) is 17.3 Å². The van der Waals surface area contributed by atoms with Crippen molar-refractivity contribution in [3.05, 3.63) is 59.9 Å². The summed E-state index contributed by atoms with van der Waals surface area (Å²) in [6.45, 7) is 1.49. The predicted octanol–water partition coefficient (Wildman–Crippen LogP) is 3.58. The van der Waals surface area contributed by atoms with E-state index in [1.54, 1.807) is 6.07 Å². The number of halogens is 2. The van der Waals surface area contributed by atoms with E-state index < -0.39 is 23.1 Å². The molecule has 0 spiro atoms. The van der Waals surface area contributed by atoms with Crippen molar-refractivity contribution in [3.63, 3.8) is 0 Å². The van der Waals surface area contributed by atoms with E-state index in [9.17, 15) is 14.0 Å². The lowest BCUT2D eigenvalue weighted by Crippen LogP contribution is -2.17. The van der Waals surface area contributed by atoms with Crippen molar-refractivity contribution in [2.75, 3.05) is 0 Å². The average Bonchev–Trinajstić information content (AvgIpc) is 2.48. The van der Waals surface area contributed by atoms with Crippen LogP contribution in [0.25, 0.3) is 0 Å². The van der Waals surface area contributed by atoms with Crippen LogP contribution >= 0.6 is 11.6 Å². The zero-order chi connectivity index (χ0) is 16.1. The fourth-order valence-electron chi connectivity index (χ4n) is 1.55. The highest BCUT2D eigenvalue weighted by Crippen LogP contribution is 2.21. The van der Waals surface area contributed by atoms with Gasteiger partial charge in [-0.05, 0) is 43.3 Å². The molecule has 2 aromatic carbocycles. The number of benzene rings is 2. The maximum Gasteiger partial charge on any atom is 0.343 e. The molecule has 2 rings (SSSR count). The van der Waals surface area contributed by atoms with Crippen LogP contribution < -0.4 is 9.47 Å². The quantitative estimate of drug-likeness (QED) is 0.490. The molecule has 0 fully saturated rings. The molecule has 0 radical (unpaired) electrons. The number of hydrogen-bond donors (Lipinski definition) is 0. The molecule has 0 aromatic heterocycles. The summed E-state index contributed by atoms with van der Waals surface area (Å²) in [6.07, 6.45) is 0. The summed E-state index contributed by atoms with van der Waals surface area (Å²) in [7, 11) is 0. The van der Waals surface area contributed by atoms with Gasteiger partial charge in [-0.1, -0.05) is 6.07 Å². The van der Waals surface area contributed by atoms with Crippen LogP contribution in [0.5, 0.6) is 11.5 Å². The number of ether oxygens (including phenoxy) is 2. The Hall–Kier alpha value is -2.40. The molecule has 2 aromatic rings. The summed E-state index contributed by atoms with van der Waals surface area (Å²) in [4.78, 5) is 23.3. The van der Waals surface area contributed by atoms with Crippen molar-refractivity contribution >= 4 is 23.5 Å². The molecule has 0 amide bonds. The molecule has 0 N–H and O–H groups in total. The smallest absolute Gasteiger partial charge is 0.343 e. The van der Waals surface area contributed by atoms with Gasteiger partial charge in [-0.2, -0.15) is 0 Å². The Bertz CT molecular complexity index is 683. The molecule has 1 atom stereocenters. The molecule has 6 heteroatoms. The Morgan fingerprint density at radius 1 is 1.05 bits per heavy atom. The van der Waals surface area contributed by atoms with Gasteiger partial charge in [0.2, 0.25) is 0 Å². The molecule has 1 unspecified atom stereocenters. The van der Waals surface area contributed by atoms with Gasteiger partial charge in [-0.25, -0.2) is 9.18 Å². The first-order valence-electron chi connectivity index (χ1n) is 6.39. The molecule has 22 heavy (non-hydrogen) atoms. The second-order valence-corrected chi connectivity index (χ2v) is 5.06. The first-order chi connectivity index (χ1) is 10.5. The number of esters is 2. The number of carbonyl (C=O) groups excluding carboxylic acids is 2. The minimum atomic E-state index is -0.787. The standard InChI is InChI=1S/C16H12ClFO4/c1-10(17)15(19)21-13-3-2-4-14(9-13)22-16(20)11-5-7-12(18)8-6-11/h2-10H,1H3. The zero-order valence-electron chi connectivity index (χ0n) is 11.6. The van der Waals surface area contributed by atoms with E-state index in [2.05, 4.69) is 0 Å². The van der Waals surface area contributed by atoms with Crippen molar-refractivity contribution < 1.29 is 23.5 Å². The molecule has 0 saturated carbocycles. The summed E-state index contributed by atoms with van der Waals surface area (Å²) in [5.74, 6) is -1.29. The minimum absolute atomic E-state index is 0.196. The average molecular weight is 323 g/mol. The van der Waals surface area contributed by atoms with Gasteiger partial charge in [-0.3, -0.25) is 4.79 Å². The topological polar surface area (TPSA) is 52.6 Å². The molecule has 4 nitrogen and oxygen atoms in total. The Morgan fingerprint density at radius 2 is 1.64 bits per heavy atom. The molecular formula is C16H12ClFO4. The maximum absolute atomic E-state index is 12.8. The van der Waals surface area contributed by atoms with E-state index in [1.165, 1.54) is 37.3 Å². The highest BCUT2D eigenvalue weighted by molar-refractivity contribution is 6.29. The fourth-order valence-corrected chi connectivity index (χ4v) is 1.60. The van der Waals surface area contributed by atoms with Gasteiger partial charge in [0, 0.05) is 6.07 Å². The van der Waals surface area contributed by atoms with E-state index in [0.717, 1.165) is 12.1 Å². The molecule has 0 bridgehead atoms. The largest absolute Gasteiger partial charge is 0.425 e. The molecule has 0 heterocycles. The predicted molar refractivity (Wildman–Crippen MR) is 78.8 cm³/mol. The van der Waals surface area contributed by atoms with E-state index in [-0.39, 0.29) is 17.1 Å². The zero-order valence-corrected chi connectivity index (χ0v) is 12.3. The van der Waals surface area contributed by atoms with Crippen molar-refractivity contribution in [2.24, 2.45) is 0 Å². The van der Waals surface area contributed by atoms with Crippen LogP contribution in [0.2, 0.25) is 0 Å². The van der Waals surface area contributed by atoms with Crippen LogP contribution in [0.1, 0.15) is 17.3 Å². The van der Waals surface area contributed by atoms with Gasteiger partial charge in [0.05, 0.1) is 5.56 Å². The lowest BCUT2D eigenvalue weighted by molar-refractivity contribution is -0.133. The van der Waals surface area contributed by atoms with E-state index in [4.69, 9.17) is 21.1 Å². The first-order valence-corrected chi connectivity index (χ1v) is 6.83. The lowest BCUT2D eigenvalue weighted by Gasteiger charge is -2.08. The van der Waals surface area contributed by atoms with Gasteiger partial charge >= 0.3 is 11.9 Å². The van der Waals surface area contributed by atoms with Crippen molar-refractivity contribution in [1.82, 2.24) is 0 Å². The molecular weight excluding hydrogens is 311 g/mol. The van der Waals surface area contributed by atoms with Crippen molar-refractivity contribution in [3.8, 4) is 11.5 Å². The van der Waals surface area contributed by atoms with Crippen LogP contribution in [-0.2, 0) is 4.79 Å². The van der Waals surface area contributed by atoms with Gasteiger partial charge in [0.25, 0.3) is 0 Å². The molecule has 0 saturated heterocycles. The third kappa shape index (κ3) is 4.30. The van der Waals surface area contributed by atoms with E-state index in [0.29, 0.717) is 0 Å². The second-order valence-electron chi connectivity index (χ2n) is 4.41. The maximum atomic E-state index is 12.8. The Labute approximate surface area is 131 Å². The number of carbonyl (C=O) groups is 2. The first kappa shape index (κ1) is 16.0. The SMILES string of the molecule is CC(Cl)C(=O)Oc1cccc(OC(=O)c2ccc(F)cc2)c1. The highest BCUT2D eigenvalue weighted by atomic mass is 35.5. The summed E-state index contributed by atoms with van der Waals surface area (Å²) in [5, 5.41) is -0.787. The molecule has 0 aliphatic carbocycles. The van der Waals surface area contributed by atoms with Crippen molar-refractivity contribution in [1.29, 1.82) is 0 Å². The molecule has 0 aliphatic heterocycles. The number of rotatable bonds is 4. The monoisotopic (exact) mass is 322 g/mol. The summed E-state index contributed by atoms with van der Waals surface area (Å²) in [5.41, 5.74) is 0.207. The van der Waals surface area contributed by atoms with Crippen LogP contribution in [0.4, 0.5) is 4.39 Å². The number of hydrogen-bond acceptors (Lipinski definition) is 4. The molecule has 114 valence electrons. The van der Waals surface area contributed by atoms with Gasteiger partial charge < -0.3 is 9.47 Å². The Morgan fingerprint density at radius 3 is 2.23 bits per heavy atom. The fraction of sp³-hybridized carbons (Fsp3) is 0.125. The van der Waals surface area contributed by atoms with Gasteiger partial charge in [0.1, 0.15) is 22.7 Å². The summed E-state index contributed by atoms with van der Waals surface area (Å²) < 4.78 is 23.0. The Balaban J connectivity index is 2.08. The third-order valence-electron chi connectivity index (χ3n) is 2.64. The second kappa shape index (κ2) is 7.04. The lowest BCUT2D eigenvalue weighted by atomic mass is 10.2. The number of alkyl halides is 1. The third-order valence-corrected chi connectivity index (χ3v) is 2.82. The summed E-state index contributed by atoms with van der Waals surface area (Å²) in [6, 6.07) is 11.0. The highest BCUT2D eigenvalue weighted by Gasteiger charge is 2.13. The van der Waals surface area contributed by atoms with Crippen LogP contribution in [0.15, 0.2) is 48.5 Å². The van der Waals surface area contributed by atoms with E-state index >= 15 is 0 Å². The Kier molecular flexibility index (Phi) is 5.12. The van der Waals surface area contributed by atoms with Crippen LogP contribution in [0.3, 0.4) is 0 Å². The van der Waals surface area contributed by atoms with Gasteiger partial charge in [-0.15, -0.1) is 11.6 Å². The van der Waals surface area contributed by atoms with Gasteiger partial charge in [0.15, 0.2) is 0 Å². The van der Waals surface area contributed by atoms with Crippen LogP contribution in [0, 0.1) is 5.82 Å². The van der Waals surface area contributed by atoms with E-state index in [1.807, 2.05) is 0 Å². The van der Waals surface area contributed by atoms with Crippen molar-refractivity contribution in [2.45, 2.75) is 12.3 Å². The minimum Gasteiger partial charge on any atom is -0.425 e. The summed E-state index contributed by atoms with van der Waals surface area (Å²) >= 11 is 5.60. The molecule has 0 aliphatic rings.